The molecule has 0 aliphatic heterocycles. The van der Waals surface area contributed by atoms with Crippen LogP contribution >= 0.6 is 0 Å². The number of methoxy groups -OCH3 is 3. The number of esters is 1. The Morgan fingerprint density at radius 2 is 1.39 bits per heavy atom. The Hall–Kier alpha value is -4.46. The van der Waals surface area contributed by atoms with Gasteiger partial charge in [-0.1, -0.05) is 6.92 Å². The number of hydrogen-bond donors (Lipinski definition) is 3. The molecule has 0 fully saturated rings. The van der Waals surface area contributed by atoms with E-state index in [1.165, 1.54) is 43.5 Å². The van der Waals surface area contributed by atoms with Crippen molar-refractivity contribution in [3.05, 3.63) is 48.0 Å². The van der Waals surface area contributed by atoms with Crippen LogP contribution in [0.4, 0.5) is 21.0 Å². The number of sulfone groups is 1. The number of carbonyl (C=O) groups excluding carboxylic acids is 4. The van der Waals surface area contributed by atoms with E-state index in [9.17, 15) is 27.6 Å². The first-order chi connectivity index (χ1) is 17.0. The molecule has 0 saturated carbocycles. The lowest BCUT2D eigenvalue weighted by molar-refractivity contribution is -0.115. The molecule has 0 bridgehead atoms. The van der Waals surface area contributed by atoms with Gasteiger partial charge < -0.3 is 19.5 Å². The molecule has 3 N–H and O–H groups in total. The molecule has 3 amide bonds. The normalized spacial score (nSPS) is 10.4. The lowest BCUT2D eigenvalue weighted by Crippen LogP contribution is -2.43. The van der Waals surface area contributed by atoms with Crippen LogP contribution in [0.3, 0.4) is 0 Å². The summed E-state index contributed by atoms with van der Waals surface area (Å²) in [6.07, 6.45) is -1.86. The minimum atomic E-state index is -4.11. The molecular weight excluding hydrogens is 496 g/mol. The van der Waals surface area contributed by atoms with Crippen molar-refractivity contribution in [3.8, 4) is 0 Å². The van der Waals surface area contributed by atoms with Gasteiger partial charge in [-0.2, -0.15) is 0 Å². The number of amides is 3. The zero-order valence-electron chi connectivity index (χ0n) is 19.8. The van der Waals surface area contributed by atoms with Crippen molar-refractivity contribution in [2.75, 3.05) is 26.6 Å². The molecule has 0 saturated heterocycles. The zero-order valence-corrected chi connectivity index (χ0v) is 20.6. The predicted molar refractivity (Wildman–Crippen MR) is 127 cm³/mol. The summed E-state index contributed by atoms with van der Waals surface area (Å²) in [5.41, 5.74) is 0.135. The second-order valence-electron chi connectivity index (χ2n) is 6.79. The number of nitrogens with one attached hydrogen (secondary N) is 3. The van der Waals surface area contributed by atoms with E-state index in [0.29, 0.717) is 0 Å². The number of ether oxygens (including phenoxy) is 3. The standard InChI is InChI=1S/C22H24N4O9S/c1-5-18(27)23-16-11-10-15(36(31,32)14-8-6-13(7-9-14)19(28)33-2)12-17(16)24-20(25-21(29)34-3)26-22(30)35-4/h6-12H,5H2,1-4H3,(H,23,27)(H2,24,25,26,29,30). The third kappa shape index (κ3) is 7.02. The van der Waals surface area contributed by atoms with Crippen LogP contribution in [0.2, 0.25) is 0 Å². The molecule has 0 radical (unpaired) electrons. The van der Waals surface area contributed by atoms with Gasteiger partial charge in [0.25, 0.3) is 0 Å². The Balaban J connectivity index is 2.61. The number of hydrogen-bond acceptors (Lipinski definition) is 10. The number of nitrogens with zero attached hydrogens (tertiary/aromatic N) is 1. The molecule has 2 rings (SSSR count). The number of benzene rings is 2. The van der Waals surface area contributed by atoms with Crippen LogP contribution in [0.25, 0.3) is 0 Å². The van der Waals surface area contributed by atoms with Gasteiger partial charge in [-0.3, -0.25) is 15.4 Å². The van der Waals surface area contributed by atoms with Crippen LogP contribution in [-0.4, -0.2) is 59.8 Å². The molecular formula is C22H24N4O9S. The van der Waals surface area contributed by atoms with Gasteiger partial charge in [-0.05, 0) is 42.5 Å². The van der Waals surface area contributed by atoms with E-state index in [1.54, 1.807) is 6.92 Å². The summed E-state index contributed by atoms with van der Waals surface area (Å²) in [5.74, 6) is -1.49. The predicted octanol–water partition coefficient (Wildman–Crippen LogP) is 2.35. The number of rotatable bonds is 6. The van der Waals surface area contributed by atoms with Crippen molar-refractivity contribution in [1.82, 2.24) is 10.6 Å². The van der Waals surface area contributed by atoms with Crippen LogP contribution in [0.15, 0.2) is 57.2 Å². The summed E-state index contributed by atoms with van der Waals surface area (Å²) in [5, 5.41) is 6.88. The van der Waals surface area contributed by atoms with Crippen molar-refractivity contribution in [3.63, 3.8) is 0 Å². The third-order valence-corrected chi connectivity index (χ3v) is 6.27. The van der Waals surface area contributed by atoms with Crippen molar-refractivity contribution < 1.29 is 41.8 Å². The zero-order chi connectivity index (χ0) is 26.9. The van der Waals surface area contributed by atoms with Crippen molar-refractivity contribution in [2.45, 2.75) is 23.1 Å². The van der Waals surface area contributed by atoms with E-state index in [1.807, 2.05) is 0 Å². The van der Waals surface area contributed by atoms with Crippen LogP contribution in [-0.2, 0) is 28.8 Å². The molecule has 14 heteroatoms. The van der Waals surface area contributed by atoms with Crippen molar-refractivity contribution >= 4 is 51.2 Å². The molecule has 2 aromatic rings. The fraction of sp³-hybridized carbons (Fsp3) is 0.227. The number of anilines is 1. The molecule has 0 atom stereocenters. The van der Waals surface area contributed by atoms with E-state index in [4.69, 9.17) is 0 Å². The summed E-state index contributed by atoms with van der Waals surface area (Å²) in [6.45, 7) is 1.61. The molecule has 0 unspecified atom stereocenters. The molecule has 0 aliphatic carbocycles. The van der Waals surface area contributed by atoms with Gasteiger partial charge in [0.2, 0.25) is 21.7 Å². The Morgan fingerprint density at radius 3 is 1.89 bits per heavy atom. The van der Waals surface area contributed by atoms with Crippen LogP contribution < -0.4 is 16.0 Å². The number of carbonyl (C=O) groups is 4. The Kier molecular flexibility index (Phi) is 9.50. The van der Waals surface area contributed by atoms with E-state index >= 15 is 0 Å². The maximum Gasteiger partial charge on any atom is 0.413 e. The summed E-state index contributed by atoms with van der Waals surface area (Å²) >= 11 is 0. The molecule has 36 heavy (non-hydrogen) atoms. The first-order valence-electron chi connectivity index (χ1n) is 10.2. The minimum absolute atomic E-state index is 0.0951. The minimum Gasteiger partial charge on any atom is -0.465 e. The summed E-state index contributed by atoms with van der Waals surface area (Å²) in [6, 6.07) is 8.75. The summed E-state index contributed by atoms with van der Waals surface area (Å²) < 4.78 is 40.1. The van der Waals surface area contributed by atoms with Crippen LogP contribution in [0, 0.1) is 0 Å². The monoisotopic (exact) mass is 520 g/mol. The number of aliphatic imine (C=N–C) groups is 1. The van der Waals surface area contributed by atoms with E-state index in [0.717, 1.165) is 20.3 Å². The Labute approximate surface area is 206 Å². The van der Waals surface area contributed by atoms with Gasteiger partial charge in [-0.25, -0.2) is 27.8 Å². The second kappa shape index (κ2) is 12.3. The molecule has 0 heterocycles. The van der Waals surface area contributed by atoms with Gasteiger partial charge in [0.15, 0.2) is 0 Å². The molecule has 2 aromatic carbocycles. The molecule has 0 aromatic heterocycles. The maximum absolute atomic E-state index is 13.2. The van der Waals surface area contributed by atoms with E-state index in [2.05, 4.69) is 35.2 Å². The van der Waals surface area contributed by atoms with E-state index in [-0.39, 0.29) is 33.2 Å². The average Bonchev–Trinajstić information content (AvgIpc) is 2.88. The van der Waals surface area contributed by atoms with Crippen LogP contribution in [0.5, 0.6) is 0 Å². The molecule has 0 spiro atoms. The van der Waals surface area contributed by atoms with Gasteiger partial charge >= 0.3 is 18.2 Å². The van der Waals surface area contributed by atoms with Crippen molar-refractivity contribution in [1.29, 1.82) is 0 Å². The fourth-order valence-electron chi connectivity index (χ4n) is 2.64. The van der Waals surface area contributed by atoms with Gasteiger partial charge in [0.1, 0.15) is 0 Å². The highest BCUT2D eigenvalue weighted by molar-refractivity contribution is 7.91. The van der Waals surface area contributed by atoms with Gasteiger partial charge in [-0.15, -0.1) is 0 Å². The summed E-state index contributed by atoms with van der Waals surface area (Å²) in [4.78, 5) is 50.8. The highest BCUT2D eigenvalue weighted by atomic mass is 32.2. The Bertz CT molecular complexity index is 1270. The van der Waals surface area contributed by atoms with Gasteiger partial charge in [0, 0.05) is 6.42 Å². The van der Waals surface area contributed by atoms with Crippen LogP contribution in [0.1, 0.15) is 23.7 Å². The lowest BCUT2D eigenvalue weighted by atomic mass is 10.2. The van der Waals surface area contributed by atoms with E-state index < -0.39 is 39.9 Å². The quantitative estimate of drug-likeness (QED) is 0.223. The third-order valence-electron chi connectivity index (χ3n) is 4.50. The highest BCUT2D eigenvalue weighted by Crippen LogP contribution is 2.31. The summed E-state index contributed by atoms with van der Waals surface area (Å²) in [7, 11) is -0.750. The van der Waals surface area contributed by atoms with Crippen molar-refractivity contribution in [2.24, 2.45) is 4.99 Å². The largest absolute Gasteiger partial charge is 0.465 e. The number of alkyl carbamates (subject to hydrolysis) is 2. The fourth-order valence-corrected chi connectivity index (χ4v) is 3.92. The molecule has 13 nitrogen and oxygen atoms in total. The SMILES string of the molecule is CCC(=O)Nc1ccc(S(=O)(=O)c2ccc(C(=O)OC)cc2)cc1N=C(NC(=O)OC)NC(=O)OC. The first-order valence-corrected chi connectivity index (χ1v) is 11.7. The molecule has 0 aliphatic rings. The first kappa shape index (κ1) is 27.8. The Morgan fingerprint density at radius 1 is 0.833 bits per heavy atom. The second-order valence-corrected chi connectivity index (χ2v) is 8.74. The topological polar surface area (TPSA) is 179 Å². The highest BCUT2D eigenvalue weighted by Gasteiger charge is 2.21. The van der Waals surface area contributed by atoms with Gasteiger partial charge in [0.05, 0.1) is 48.1 Å². The maximum atomic E-state index is 13.2. The number of guanidine groups is 1. The average molecular weight is 521 g/mol. The lowest BCUT2D eigenvalue weighted by Gasteiger charge is -2.13. The molecule has 192 valence electrons. The smallest absolute Gasteiger partial charge is 0.413 e.